The van der Waals surface area contributed by atoms with Gasteiger partial charge in [-0.15, -0.1) is 0 Å². The Balaban J connectivity index is 1.77. The summed E-state index contributed by atoms with van der Waals surface area (Å²) in [5.74, 6) is -1.01. The van der Waals surface area contributed by atoms with E-state index in [1.807, 2.05) is 0 Å². The van der Waals surface area contributed by atoms with Crippen LogP contribution in [-0.4, -0.2) is 19.9 Å². The van der Waals surface area contributed by atoms with Gasteiger partial charge in [0.25, 0.3) is 5.69 Å². The summed E-state index contributed by atoms with van der Waals surface area (Å²) in [4.78, 5) is 22.8. The molecule has 0 unspecified atom stereocenters. The minimum atomic E-state index is -4.82. The summed E-state index contributed by atoms with van der Waals surface area (Å²) in [7, 11) is 0. The molecule has 2 aromatic heterocycles. The summed E-state index contributed by atoms with van der Waals surface area (Å²) < 4.78 is 56.3. The number of alkyl halides is 3. The Morgan fingerprint density at radius 3 is 2.40 bits per heavy atom. The van der Waals surface area contributed by atoms with Gasteiger partial charge in [0.05, 0.1) is 32.2 Å². The number of fused-ring (bicyclic) bond motifs is 1. The van der Waals surface area contributed by atoms with E-state index in [0.717, 1.165) is 12.1 Å². The van der Waals surface area contributed by atoms with Crippen molar-refractivity contribution in [2.75, 3.05) is 5.32 Å². The normalized spacial score (nSPS) is 13.2. The largest absolute Gasteiger partial charge is 0.416 e. The number of nitrogens with zero attached hydrogens (tertiary/aromatic N) is 3. The van der Waals surface area contributed by atoms with Gasteiger partial charge < -0.3 is 10.3 Å². The summed E-state index contributed by atoms with van der Waals surface area (Å²) in [5.41, 5.74) is -0.931. The van der Waals surface area contributed by atoms with Gasteiger partial charge in [0.15, 0.2) is 0 Å². The van der Waals surface area contributed by atoms with Crippen molar-refractivity contribution in [2.45, 2.75) is 25.1 Å². The Morgan fingerprint density at radius 2 is 1.75 bits per heavy atom. The molecule has 12 heteroatoms. The van der Waals surface area contributed by atoms with Crippen LogP contribution in [0.5, 0.6) is 0 Å². The number of aromatic amines is 1. The molecular weight excluding hydrogens is 550 g/mol. The number of rotatable bonds is 7. The molecule has 2 N–H and O–H groups in total. The number of benzene rings is 3. The van der Waals surface area contributed by atoms with Gasteiger partial charge in [0.1, 0.15) is 11.4 Å². The molecule has 0 saturated carbocycles. The number of imidazole rings is 1. The number of pyridine rings is 1. The molecule has 0 aliphatic heterocycles. The first kappa shape index (κ1) is 27.1. The van der Waals surface area contributed by atoms with Crippen LogP contribution < -0.4 is 5.32 Å². The summed E-state index contributed by atoms with van der Waals surface area (Å²) in [5, 5.41) is 14.9. The fraction of sp³-hybridized carbons (Fsp3) is 0.143. The van der Waals surface area contributed by atoms with E-state index in [4.69, 9.17) is 11.6 Å². The van der Waals surface area contributed by atoms with Crippen molar-refractivity contribution in [1.82, 2.24) is 15.0 Å². The number of H-pyrrole nitrogens is 1. The maximum absolute atomic E-state index is 14.8. The first-order valence-corrected chi connectivity index (χ1v) is 12.3. The third-order valence-electron chi connectivity index (χ3n) is 6.52. The molecule has 0 aliphatic rings. The molecule has 2 heterocycles. The highest BCUT2D eigenvalue weighted by Crippen LogP contribution is 2.40. The minimum Gasteiger partial charge on any atom is -0.340 e. The molecule has 5 aromatic rings. The first-order chi connectivity index (χ1) is 18.9. The van der Waals surface area contributed by atoms with Gasteiger partial charge in [-0.25, -0.2) is 9.37 Å². The molecule has 3 aromatic carbocycles. The molecule has 0 bridgehead atoms. The minimum absolute atomic E-state index is 0.0272. The average molecular weight is 570 g/mol. The number of aryl methyl sites for hydroxylation is 1. The monoisotopic (exact) mass is 569 g/mol. The lowest BCUT2D eigenvalue weighted by atomic mass is 9.80. The second-order valence-corrected chi connectivity index (χ2v) is 9.72. The zero-order valence-electron chi connectivity index (χ0n) is 20.8. The fourth-order valence-corrected chi connectivity index (χ4v) is 4.77. The molecule has 5 rings (SSSR count). The van der Waals surface area contributed by atoms with E-state index in [0.29, 0.717) is 33.2 Å². The van der Waals surface area contributed by atoms with E-state index in [2.05, 4.69) is 20.3 Å². The SMILES string of the molecule is Cc1cc2nc(N[C@](Cc3ccccc3)(c3cc(F)cc(C(F)(F)F)c3)c3ccc(Cl)cn3)[nH]c2cc1[N+](=O)[O-]. The number of halogens is 5. The highest BCUT2D eigenvalue weighted by molar-refractivity contribution is 6.30. The lowest BCUT2D eigenvalue weighted by Gasteiger charge is -2.35. The molecular formula is C28H20ClF4N5O2. The van der Waals surface area contributed by atoms with Crippen LogP contribution in [0.4, 0.5) is 29.2 Å². The molecule has 0 spiro atoms. The van der Waals surface area contributed by atoms with Crippen LogP contribution in [0.2, 0.25) is 5.02 Å². The maximum atomic E-state index is 14.8. The molecule has 40 heavy (non-hydrogen) atoms. The van der Waals surface area contributed by atoms with E-state index < -0.39 is 28.0 Å². The lowest BCUT2D eigenvalue weighted by molar-refractivity contribution is -0.385. The van der Waals surface area contributed by atoms with E-state index in [1.54, 1.807) is 37.3 Å². The molecule has 0 aliphatic carbocycles. The number of hydrogen-bond acceptors (Lipinski definition) is 5. The second kappa shape index (κ2) is 10.2. The van der Waals surface area contributed by atoms with Crippen molar-refractivity contribution in [3.05, 3.63) is 128 Å². The third-order valence-corrected chi connectivity index (χ3v) is 6.75. The zero-order valence-corrected chi connectivity index (χ0v) is 21.5. The number of nitro benzene ring substituents is 1. The number of aromatic nitrogens is 3. The van der Waals surface area contributed by atoms with Crippen molar-refractivity contribution in [1.29, 1.82) is 0 Å². The number of hydrogen-bond donors (Lipinski definition) is 2. The molecule has 204 valence electrons. The lowest BCUT2D eigenvalue weighted by Crippen LogP contribution is -2.40. The zero-order chi connectivity index (χ0) is 28.7. The van der Waals surface area contributed by atoms with Gasteiger partial charge in [-0.1, -0.05) is 41.9 Å². The molecule has 1 atom stereocenters. The smallest absolute Gasteiger partial charge is 0.340 e. The van der Waals surface area contributed by atoms with Crippen molar-refractivity contribution < 1.29 is 22.5 Å². The quantitative estimate of drug-likeness (QED) is 0.120. The Morgan fingerprint density at radius 1 is 1.02 bits per heavy atom. The molecule has 0 saturated heterocycles. The van der Waals surface area contributed by atoms with E-state index >= 15 is 0 Å². The standard InChI is InChI=1S/C28H20ClF4N5O2/c1-16-9-22-23(13-24(16)38(39)40)36-26(35-22)37-27(14-17-5-3-2-4-6-17,25-8-7-20(29)15-34-25)18-10-19(28(31,32)33)12-21(30)11-18/h2-13,15H,14H2,1H3,(H2,35,36,37)/t27-/m1/s1. The topological polar surface area (TPSA) is 96.7 Å². The van der Waals surface area contributed by atoms with Crippen LogP contribution in [0.25, 0.3) is 11.0 Å². The number of nitrogens with one attached hydrogen (secondary N) is 2. The number of anilines is 1. The average Bonchev–Trinajstić information content (AvgIpc) is 3.28. The summed E-state index contributed by atoms with van der Waals surface area (Å²) in [6.45, 7) is 1.57. The number of nitro groups is 1. The third kappa shape index (κ3) is 5.32. The van der Waals surface area contributed by atoms with Crippen molar-refractivity contribution >= 4 is 34.3 Å². The summed E-state index contributed by atoms with van der Waals surface area (Å²) in [6, 6.07) is 17.1. The van der Waals surface area contributed by atoms with Crippen molar-refractivity contribution in [2.24, 2.45) is 0 Å². The van der Waals surface area contributed by atoms with Gasteiger partial charge in [-0.3, -0.25) is 15.1 Å². The van der Waals surface area contributed by atoms with Gasteiger partial charge >= 0.3 is 6.18 Å². The van der Waals surface area contributed by atoms with Gasteiger partial charge in [0, 0.05) is 24.2 Å². The summed E-state index contributed by atoms with van der Waals surface area (Å²) in [6.07, 6.45) is -3.45. The molecule has 7 nitrogen and oxygen atoms in total. The van der Waals surface area contributed by atoms with Crippen LogP contribution in [-0.2, 0) is 18.1 Å². The summed E-state index contributed by atoms with van der Waals surface area (Å²) >= 11 is 6.08. The van der Waals surface area contributed by atoms with E-state index in [1.165, 1.54) is 30.5 Å². The highest BCUT2D eigenvalue weighted by Gasteiger charge is 2.40. The van der Waals surface area contributed by atoms with Gasteiger partial charge in [0.2, 0.25) is 5.95 Å². The van der Waals surface area contributed by atoms with E-state index in [-0.39, 0.29) is 29.3 Å². The van der Waals surface area contributed by atoms with Crippen LogP contribution in [0.3, 0.4) is 0 Å². The first-order valence-electron chi connectivity index (χ1n) is 11.9. The second-order valence-electron chi connectivity index (χ2n) is 9.28. The highest BCUT2D eigenvalue weighted by atomic mass is 35.5. The Hall–Kier alpha value is -4.51. The van der Waals surface area contributed by atoms with Gasteiger partial charge in [-0.05, 0) is 54.4 Å². The maximum Gasteiger partial charge on any atom is 0.416 e. The fourth-order valence-electron chi connectivity index (χ4n) is 4.66. The Bertz CT molecular complexity index is 1710. The molecule has 0 amide bonds. The van der Waals surface area contributed by atoms with Gasteiger partial charge in [-0.2, -0.15) is 13.2 Å². The molecule has 0 radical (unpaired) electrons. The van der Waals surface area contributed by atoms with Crippen LogP contribution in [0.1, 0.15) is 27.9 Å². The van der Waals surface area contributed by atoms with Crippen molar-refractivity contribution in [3.63, 3.8) is 0 Å². The van der Waals surface area contributed by atoms with Crippen LogP contribution in [0, 0.1) is 22.9 Å². The predicted octanol–water partition coefficient (Wildman–Crippen LogP) is 7.58. The van der Waals surface area contributed by atoms with Crippen LogP contribution in [0.15, 0.2) is 79.0 Å². The predicted molar refractivity (Wildman–Crippen MR) is 143 cm³/mol. The Labute approximate surface area is 230 Å². The van der Waals surface area contributed by atoms with Crippen molar-refractivity contribution in [3.8, 4) is 0 Å². The Kier molecular flexibility index (Phi) is 6.92. The molecule has 0 fully saturated rings. The van der Waals surface area contributed by atoms with Crippen LogP contribution >= 0.6 is 11.6 Å². The van der Waals surface area contributed by atoms with E-state index in [9.17, 15) is 27.7 Å².